The molecule has 0 saturated carbocycles. The average molecular weight is 463 g/mol. The third-order valence-electron chi connectivity index (χ3n) is 7.50. The summed E-state index contributed by atoms with van der Waals surface area (Å²) in [6.45, 7) is 7.39. The minimum absolute atomic E-state index is 0.552. The molecule has 0 aromatic heterocycles. The van der Waals surface area contributed by atoms with E-state index in [-0.39, 0.29) is 0 Å². The Balaban J connectivity index is 2.05. The largest absolute Gasteiger partial charge is 0.116 e. The Bertz CT molecular complexity index is 985. The van der Waals surface area contributed by atoms with Crippen LogP contribution in [0.3, 0.4) is 0 Å². The monoisotopic (exact) mass is 462 g/mol. The Kier molecular flexibility index (Phi) is 7.27. The summed E-state index contributed by atoms with van der Waals surface area (Å²) in [5.74, 6) is 0. The molecule has 4 aromatic rings. The Morgan fingerprint density at radius 1 is 0.515 bits per heavy atom. The minimum Gasteiger partial charge on any atom is -0.0917 e. The first-order chi connectivity index (χ1) is 16.1. The van der Waals surface area contributed by atoms with E-state index in [1.165, 1.54) is 20.7 Å². The number of allylic oxidation sites excluding steroid dienone is 2. The summed E-state index contributed by atoms with van der Waals surface area (Å²) >= 11 is 0. The summed E-state index contributed by atoms with van der Waals surface area (Å²) in [5.41, 5.74) is 0. The van der Waals surface area contributed by atoms with Gasteiger partial charge in [-0.15, -0.1) is 0 Å². The molecule has 0 nitrogen and oxygen atoms in total. The van der Waals surface area contributed by atoms with Crippen LogP contribution < -0.4 is 20.7 Å². The van der Waals surface area contributed by atoms with Gasteiger partial charge >= 0.3 is 0 Å². The summed E-state index contributed by atoms with van der Waals surface area (Å²) in [4.78, 5) is 0. The lowest BCUT2D eigenvalue weighted by Gasteiger charge is -2.47. The second-order valence-electron chi connectivity index (χ2n) is 9.23. The molecule has 0 radical (unpaired) electrons. The highest BCUT2D eigenvalue weighted by atomic mass is 28.4. The lowest BCUT2D eigenvalue weighted by molar-refractivity contribution is 1.06. The van der Waals surface area contributed by atoms with E-state index in [2.05, 4.69) is 153 Å². The van der Waals surface area contributed by atoms with Crippen LogP contribution in [0.5, 0.6) is 0 Å². The molecule has 0 unspecified atom stereocenters. The maximum atomic E-state index is 2.61. The molecule has 0 heterocycles. The van der Waals surface area contributed by atoms with Crippen molar-refractivity contribution < 1.29 is 0 Å². The third kappa shape index (κ3) is 4.46. The topological polar surface area (TPSA) is 0 Å². The molecule has 33 heavy (non-hydrogen) atoms. The highest BCUT2D eigenvalue weighted by Gasteiger charge is 2.51. The number of benzene rings is 4. The van der Waals surface area contributed by atoms with E-state index in [9.17, 15) is 0 Å². The third-order valence-corrected chi connectivity index (χ3v) is 20.3. The zero-order valence-corrected chi connectivity index (χ0v) is 22.0. The van der Waals surface area contributed by atoms with Gasteiger partial charge in [-0.3, -0.25) is 0 Å². The molecule has 0 bridgehead atoms. The molecule has 2 heteroatoms. The SMILES string of the molecule is C/C=C/CC([Si](C)(c1ccccc1)c1ccccc1)[Si](C)(c1ccccc1)c1ccccc1. The van der Waals surface area contributed by atoms with Gasteiger partial charge in [0.05, 0.1) is 0 Å². The first-order valence-electron chi connectivity index (χ1n) is 11.9. The standard InChI is InChI=1S/C31H34Si2/c1-4-5-26-31(32(2,27-18-10-6-11-19-27)28-20-12-7-13-21-28)33(3,29-22-14-8-15-23-29)30-24-16-9-17-25-30/h4-25,31H,26H2,1-3H3/b5-4+. The van der Waals surface area contributed by atoms with Gasteiger partial charge in [0.25, 0.3) is 0 Å². The summed E-state index contributed by atoms with van der Waals surface area (Å²) in [6, 6.07) is 45.4. The second-order valence-corrected chi connectivity index (χ2v) is 18.3. The van der Waals surface area contributed by atoms with Crippen molar-refractivity contribution in [1.29, 1.82) is 0 Å². The zero-order chi connectivity index (χ0) is 23.2. The van der Waals surface area contributed by atoms with Crippen molar-refractivity contribution in [3.63, 3.8) is 0 Å². The highest BCUT2D eigenvalue weighted by molar-refractivity contribution is 7.18. The van der Waals surface area contributed by atoms with Crippen LogP contribution in [0.1, 0.15) is 13.3 Å². The molecule has 0 atom stereocenters. The first kappa shape index (κ1) is 23.2. The minimum atomic E-state index is -2.16. The Hall–Kier alpha value is -2.95. The van der Waals surface area contributed by atoms with Crippen LogP contribution in [0.2, 0.25) is 18.3 Å². The maximum absolute atomic E-state index is 2.61. The Morgan fingerprint density at radius 2 is 0.788 bits per heavy atom. The van der Waals surface area contributed by atoms with Gasteiger partial charge in [-0.2, -0.15) is 0 Å². The molecule has 4 aromatic carbocycles. The van der Waals surface area contributed by atoms with Gasteiger partial charge in [0.2, 0.25) is 0 Å². The van der Waals surface area contributed by atoms with Gasteiger partial charge in [-0.05, 0) is 18.5 Å². The van der Waals surface area contributed by atoms with Crippen LogP contribution in [0.15, 0.2) is 133 Å². The van der Waals surface area contributed by atoms with E-state index in [1.54, 1.807) is 0 Å². The van der Waals surface area contributed by atoms with Gasteiger partial charge < -0.3 is 0 Å². The second kappa shape index (κ2) is 10.3. The van der Waals surface area contributed by atoms with E-state index in [1.807, 2.05) is 0 Å². The van der Waals surface area contributed by atoms with Crippen LogP contribution in [0.25, 0.3) is 0 Å². The van der Waals surface area contributed by atoms with Gasteiger partial charge in [-0.1, -0.05) is 167 Å². The van der Waals surface area contributed by atoms with E-state index < -0.39 is 16.1 Å². The zero-order valence-electron chi connectivity index (χ0n) is 20.0. The summed E-state index contributed by atoms with van der Waals surface area (Å²) in [7, 11) is -4.32. The van der Waals surface area contributed by atoms with Crippen molar-refractivity contribution in [2.75, 3.05) is 0 Å². The number of hydrogen-bond donors (Lipinski definition) is 0. The summed E-state index contributed by atoms with van der Waals surface area (Å²) in [6.07, 6.45) is 5.75. The predicted molar refractivity (Wildman–Crippen MR) is 151 cm³/mol. The predicted octanol–water partition coefficient (Wildman–Crippen LogP) is 5.65. The van der Waals surface area contributed by atoms with E-state index in [4.69, 9.17) is 0 Å². The number of hydrogen-bond acceptors (Lipinski definition) is 0. The fourth-order valence-electron chi connectivity index (χ4n) is 5.60. The van der Waals surface area contributed by atoms with Crippen LogP contribution in [-0.2, 0) is 0 Å². The van der Waals surface area contributed by atoms with Crippen LogP contribution in [-0.4, -0.2) is 16.1 Å². The fraction of sp³-hybridized carbons (Fsp3) is 0.161. The molecule has 4 rings (SSSR count). The van der Waals surface area contributed by atoms with E-state index >= 15 is 0 Å². The lowest BCUT2D eigenvalue weighted by Crippen LogP contribution is -2.72. The van der Waals surface area contributed by atoms with Crippen molar-refractivity contribution >= 4 is 36.9 Å². The molecule has 0 amide bonds. The lowest BCUT2D eigenvalue weighted by atomic mass is 10.4. The summed E-state index contributed by atoms with van der Waals surface area (Å²) < 4.78 is 0. The van der Waals surface area contributed by atoms with Gasteiger partial charge in [-0.25, -0.2) is 0 Å². The van der Waals surface area contributed by atoms with Crippen LogP contribution >= 0.6 is 0 Å². The molecule has 0 N–H and O–H groups in total. The Labute approximate surface area is 201 Å². The number of rotatable bonds is 8. The molecular weight excluding hydrogens is 429 g/mol. The molecule has 0 aliphatic heterocycles. The molecule has 0 saturated heterocycles. The maximum Gasteiger partial charge on any atom is 0.116 e. The van der Waals surface area contributed by atoms with Gasteiger partial charge in [0.1, 0.15) is 16.1 Å². The molecule has 0 spiro atoms. The first-order valence-corrected chi connectivity index (χ1v) is 17.1. The molecular formula is C31H34Si2. The van der Waals surface area contributed by atoms with Gasteiger partial charge in [0, 0.05) is 0 Å². The average Bonchev–Trinajstić information content (AvgIpc) is 2.90. The highest BCUT2D eigenvalue weighted by Crippen LogP contribution is 2.35. The molecule has 0 fully saturated rings. The molecule has 166 valence electrons. The quantitative estimate of drug-likeness (QED) is 0.234. The molecule has 0 aliphatic carbocycles. The van der Waals surface area contributed by atoms with E-state index in [0.717, 1.165) is 6.42 Å². The smallest absolute Gasteiger partial charge is 0.0917 e. The van der Waals surface area contributed by atoms with Crippen molar-refractivity contribution in [2.45, 2.75) is 31.6 Å². The van der Waals surface area contributed by atoms with Crippen molar-refractivity contribution in [1.82, 2.24) is 0 Å². The van der Waals surface area contributed by atoms with Crippen molar-refractivity contribution in [3.05, 3.63) is 133 Å². The fourth-order valence-corrected chi connectivity index (χ4v) is 19.2. The van der Waals surface area contributed by atoms with E-state index in [0.29, 0.717) is 5.16 Å². The summed E-state index contributed by atoms with van der Waals surface area (Å²) in [5, 5.41) is 6.65. The van der Waals surface area contributed by atoms with Crippen molar-refractivity contribution in [2.24, 2.45) is 0 Å². The van der Waals surface area contributed by atoms with Crippen LogP contribution in [0, 0.1) is 0 Å². The molecule has 0 aliphatic rings. The van der Waals surface area contributed by atoms with Crippen molar-refractivity contribution in [3.8, 4) is 0 Å². The van der Waals surface area contributed by atoms with Gasteiger partial charge in [0.15, 0.2) is 0 Å². The normalized spacial score (nSPS) is 12.4. The Morgan fingerprint density at radius 3 is 1.03 bits per heavy atom. The van der Waals surface area contributed by atoms with Crippen LogP contribution in [0.4, 0.5) is 0 Å².